The zero-order valence-electron chi connectivity index (χ0n) is 11.1. The van der Waals surface area contributed by atoms with Gasteiger partial charge < -0.3 is 5.32 Å². The molecule has 4 heteroatoms. The maximum absolute atomic E-state index is 11.6. The van der Waals surface area contributed by atoms with Gasteiger partial charge in [0.05, 0.1) is 12.2 Å². The number of carbonyl (C=O) groups is 1. The van der Waals surface area contributed by atoms with Crippen LogP contribution >= 0.6 is 0 Å². The van der Waals surface area contributed by atoms with Gasteiger partial charge in [-0.3, -0.25) is 14.7 Å². The van der Waals surface area contributed by atoms with Crippen LogP contribution in [-0.4, -0.2) is 28.9 Å². The lowest BCUT2D eigenvalue weighted by Crippen LogP contribution is -2.29. The number of aromatic nitrogens is 1. The number of amides is 1. The van der Waals surface area contributed by atoms with Crippen LogP contribution in [0.25, 0.3) is 0 Å². The number of rotatable bonds is 5. The van der Waals surface area contributed by atoms with Gasteiger partial charge in [0.1, 0.15) is 6.17 Å². The summed E-state index contributed by atoms with van der Waals surface area (Å²) in [4.78, 5) is 18.1. The summed E-state index contributed by atoms with van der Waals surface area (Å²) in [5.41, 5.74) is 2.07. The lowest BCUT2D eigenvalue weighted by Gasteiger charge is -2.22. The van der Waals surface area contributed by atoms with Crippen molar-refractivity contribution >= 4 is 5.91 Å². The second kappa shape index (κ2) is 5.96. The molecule has 1 aromatic heterocycles. The molecule has 4 nitrogen and oxygen atoms in total. The Hall–Kier alpha value is -1.42. The summed E-state index contributed by atoms with van der Waals surface area (Å²) in [7, 11) is 0. The van der Waals surface area contributed by atoms with E-state index in [1.807, 2.05) is 25.3 Å². The first-order chi connectivity index (χ1) is 8.70. The Morgan fingerprint density at radius 1 is 1.44 bits per heavy atom. The first kappa shape index (κ1) is 13.0. The molecule has 2 heterocycles. The molecule has 0 aliphatic carbocycles. The molecule has 0 bridgehead atoms. The van der Waals surface area contributed by atoms with Crippen LogP contribution in [-0.2, 0) is 4.79 Å². The summed E-state index contributed by atoms with van der Waals surface area (Å²) in [6.45, 7) is 5.65. The minimum atomic E-state index is -0.0463. The van der Waals surface area contributed by atoms with E-state index in [-0.39, 0.29) is 12.1 Å². The quantitative estimate of drug-likeness (QED) is 0.810. The Bertz CT molecular complexity index is 402. The molecule has 1 fully saturated rings. The van der Waals surface area contributed by atoms with Crippen molar-refractivity contribution in [2.24, 2.45) is 0 Å². The molecule has 1 aliphatic heterocycles. The van der Waals surface area contributed by atoms with Crippen molar-refractivity contribution in [1.29, 1.82) is 0 Å². The van der Waals surface area contributed by atoms with E-state index in [9.17, 15) is 4.79 Å². The number of carbonyl (C=O) groups excluding carboxylic acids is 1. The molecule has 0 radical (unpaired) electrons. The second-order valence-electron chi connectivity index (χ2n) is 4.91. The SMILES string of the molecule is CCCCCN1CC(=O)NC1c1ccc(C)cn1. The molecule has 1 N–H and O–H groups in total. The van der Waals surface area contributed by atoms with Crippen molar-refractivity contribution in [2.45, 2.75) is 39.3 Å². The first-order valence-corrected chi connectivity index (χ1v) is 6.66. The summed E-state index contributed by atoms with van der Waals surface area (Å²) in [6.07, 6.45) is 5.34. The predicted octanol–water partition coefficient (Wildman–Crippen LogP) is 2.01. The summed E-state index contributed by atoms with van der Waals surface area (Å²) >= 11 is 0. The van der Waals surface area contributed by atoms with Gasteiger partial charge in [-0.05, 0) is 25.0 Å². The molecule has 1 aromatic rings. The van der Waals surface area contributed by atoms with Crippen LogP contribution in [0.2, 0.25) is 0 Å². The molecule has 1 unspecified atom stereocenters. The number of hydrogen-bond acceptors (Lipinski definition) is 3. The van der Waals surface area contributed by atoms with Gasteiger partial charge in [0.2, 0.25) is 5.91 Å². The Labute approximate surface area is 108 Å². The van der Waals surface area contributed by atoms with Gasteiger partial charge in [0.15, 0.2) is 0 Å². The maximum atomic E-state index is 11.6. The molecule has 1 amide bonds. The summed E-state index contributed by atoms with van der Waals surface area (Å²) in [5, 5.41) is 2.99. The summed E-state index contributed by atoms with van der Waals surface area (Å²) < 4.78 is 0. The zero-order chi connectivity index (χ0) is 13.0. The van der Waals surface area contributed by atoms with E-state index in [1.54, 1.807) is 0 Å². The average molecular weight is 247 g/mol. The molecule has 0 aromatic carbocycles. The van der Waals surface area contributed by atoms with E-state index >= 15 is 0 Å². The maximum Gasteiger partial charge on any atom is 0.235 e. The zero-order valence-corrected chi connectivity index (χ0v) is 11.1. The van der Waals surface area contributed by atoms with E-state index < -0.39 is 0 Å². The number of nitrogens with one attached hydrogen (secondary N) is 1. The number of unbranched alkanes of at least 4 members (excludes halogenated alkanes) is 2. The van der Waals surface area contributed by atoms with Crippen molar-refractivity contribution in [1.82, 2.24) is 15.2 Å². The van der Waals surface area contributed by atoms with Crippen LogP contribution in [0.15, 0.2) is 18.3 Å². The van der Waals surface area contributed by atoms with Gasteiger partial charge in [-0.2, -0.15) is 0 Å². The van der Waals surface area contributed by atoms with E-state index in [2.05, 4.69) is 22.1 Å². The Kier molecular flexibility index (Phi) is 4.31. The highest BCUT2D eigenvalue weighted by atomic mass is 16.2. The smallest absolute Gasteiger partial charge is 0.235 e. The van der Waals surface area contributed by atoms with Gasteiger partial charge in [-0.25, -0.2) is 0 Å². The molecule has 1 saturated heterocycles. The van der Waals surface area contributed by atoms with E-state index in [0.29, 0.717) is 6.54 Å². The molecule has 0 spiro atoms. The molecule has 2 rings (SSSR count). The van der Waals surface area contributed by atoms with E-state index in [0.717, 1.165) is 24.2 Å². The fraction of sp³-hybridized carbons (Fsp3) is 0.571. The topological polar surface area (TPSA) is 45.2 Å². The van der Waals surface area contributed by atoms with Crippen molar-refractivity contribution < 1.29 is 4.79 Å². The molecule has 1 atom stereocenters. The highest BCUT2D eigenvalue weighted by molar-refractivity contribution is 5.80. The molecular formula is C14H21N3O. The molecule has 18 heavy (non-hydrogen) atoms. The van der Waals surface area contributed by atoms with Crippen molar-refractivity contribution in [3.05, 3.63) is 29.6 Å². The van der Waals surface area contributed by atoms with Crippen molar-refractivity contribution in [2.75, 3.05) is 13.1 Å². The summed E-state index contributed by atoms with van der Waals surface area (Å²) in [5.74, 6) is 0.0962. The molecular weight excluding hydrogens is 226 g/mol. The van der Waals surface area contributed by atoms with Gasteiger partial charge in [-0.15, -0.1) is 0 Å². The van der Waals surface area contributed by atoms with Gasteiger partial charge in [0.25, 0.3) is 0 Å². The molecule has 1 aliphatic rings. The predicted molar refractivity (Wildman–Crippen MR) is 71.0 cm³/mol. The minimum absolute atomic E-state index is 0.0463. The van der Waals surface area contributed by atoms with Gasteiger partial charge in [-0.1, -0.05) is 25.8 Å². The Balaban J connectivity index is 2.04. The van der Waals surface area contributed by atoms with Crippen LogP contribution in [0, 0.1) is 6.92 Å². The van der Waals surface area contributed by atoms with Crippen LogP contribution in [0.3, 0.4) is 0 Å². The standard InChI is InChI=1S/C14H21N3O/c1-3-4-5-8-17-10-13(18)16-14(17)12-7-6-11(2)9-15-12/h6-7,9,14H,3-5,8,10H2,1-2H3,(H,16,18). The van der Waals surface area contributed by atoms with Crippen LogP contribution in [0.4, 0.5) is 0 Å². The monoisotopic (exact) mass is 247 g/mol. The van der Waals surface area contributed by atoms with Gasteiger partial charge >= 0.3 is 0 Å². The average Bonchev–Trinajstić information content (AvgIpc) is 2.72. The molecule has 0 saturated carbocycles. The number of aryl methyl sites for hydroxylation is 1. The lowest BCUT2D eigenvalue weighted by molar-refractivity contribution is -0.118. The highest BCUT2D eigenvalue weighted by Crippen LogP contribution is 2.21. The number of pyridine rings is 1. The van der Waals surface area contributed by atoms with Crippen LogP contribution in [0.1, 0.15) is 43.6 Å². The highest BCUT2D eigenvalue weighted by Gasteiger charge is 2.30. The van der Waals surface area contributed by atoms with Crippen molar-refractivity contribution in [3.63, 3.8) is 0 Å². The fourth-order valence-corrected chi connectivity index (χ4v) is 2.24. The summed E-state index contributed by atoms with van der Waals surface area (Å²) in [6, 6.07) is 4.04. The van der Waals surface area contributed by atoms with E-state index in [1.165, 1.54) is 12.8 Å². The van der Waals surface area contributed by atoms with Gasteiger partial charge in [0, 0.05) is 12.7 Å². The Morgan fingerprint density at radius 3 is 2.94 bits per heavy atom. The third kappa shape index (κ3) is 3.07. The Morgan fingerprint density at radius 2 is 2.28 bits per heavy atom. The largest absolute Gasteiger partial charge is 0.334 e. The number of nitrogens with zero attached hydrogens (tertiary/aromatic N) is 2. The lowest BCUT2D eigenvalue weighted by atomic mass is 10.2. The normalized spacial score (nSPS) is 20.1. The molecule has 98 valence electrons. The van der Waals surface area contributed by atoms with Crippen LogP contribution < -0.4 is 5.32 Å². The van der Waals surface area contributed by atoms with Crippen LogP contribution in [0.5, 0.6) is 0 Å². The third-order valence-corrected chi connectivity index (χ3v) is 3.27. The second-order valence-corrected chi connectivity index (χ2v) is 4.91. The minimum Gasteiger partial charge on any atom is -0.334 e. The van der Waals surface area contributed by atoms with E-state index in [4.69, 9.17) is 0 Å². The fourth-order valence-electron chi connectivity index (χ4n) is 2.24. The number of hydrogen-bond donors (Lipinski definition) is 1. The third-order valence-electron chi connectivity index (χ3n) is 3.27. The van der Waals surface area contributed by atoms with Crippen molar-refractivity contribution in [3.8, 4) is 0 Å². The first-order valence-electron chi connectivity index (χ1n) is 6.66.